The van der Waals surface area contributed by atoms with Gasteiger partial charge in [0.1, 0.15) is 5.75 Å². The molecule has 2 aromatic rings. The van der Waals surface area contributed by atoms with E-state index in [1.807, 2.05) is 13.0 Å². The van der Waals surface area contributed by atoms with Crippen molar-refractivity contribution in [1.29, 1.82) is 0 Å². The van der Waals surface area contributed by atoms with E-state index in [0.717, 1.165) is 17.7 Å². The normalized spacial score (nSPS) is 10.9. The van der Waals surface area contributed by atoms with E-state index >= 15 is 0 Å². The van der Waals surface area contributed by atoms with E-state index in [9.17, 15) is 18.3 Å². The van der Waals surface area contributed by atoms with E-state index in [2.05, 4.69) is 40.5 Å². The van der Waals surface area contributed by atoms with Crippen molar-refractivity contribution < 1.29 is 23.1 Å². The first-order chi connectivity index (χ1) is 14.8. The first kappa shape index (κ1) is 28.9. The maximum atomic E-state index is 11.7. The van der Waals surface area contributed by atoms with Crippen LogP contribution in [0.5, 0.6) is 5.75 Å². The van der Waals surface area contributed by atoms with Gasteiger partial charge in [0.15, 0.2) is 9.84 Å². The molecular weight excluding hydrogens is 424 g/mol. The topological polar surface area (TPSA) is 80.7 Å². The van der Waals surface area contributed by atoms with E-state index in [4.69, 9.17) is 4.74 Å². The quantitative estimate of drug-likeness (QED) is 0.234. The molecule has 0 aliphatic carbocycles. The third-order valence-corrected chi connectivity index (χ3v) is 4.75. The number of benzene rings is 2. The molecular formula is C26H34O5S. The van der Waals surface area contributed by atoms with Crippen LogP contribution >= 0.6 is 0 Å². The molecule has 0 amide bonds. The van der Waals surface area contributed by atoms with Gasteiger partial charge < -0.3 is 9.84 Å². The van der Waals surface area contributed by atoms with Gasteiger partial charge in [-0.1, -0.05) is 45.5 Å². The lowest BCUT2D eigenvalue weighted by Gasteiger charge is -2.09. The lowest BCUT2D eigenvalue weighted by Crippen LogP contribution is -2.01. The summed E-state index contributed by atoms with van der Waals surface area (Å²) in [7, 11) is -3.33. The van der Waals surface area contributed by atoms with Gasteiger partial charge in [0.05, 0.1) is 16.2 Å². The third-order valence-electron chi connectivity index (χ3n) is 3.62. The van der Waals surface area contributed by atoms with Crippen molar-refractivity contribution in [1.82, 2.24) is 0 Å². The van der Waals surface area contributed by atoms with E-state index < -0.39 is 15.8 Å². The van der Waals surface area contributed by atoms with Crippen LogP contribution < -0.4 is 4.74 Å². The van der Waals surface area contributed by atoms with Gasteiger partial charge in [-0.2, -0.15) is 0 Å². The minimum Gasteiger partial charge on any atom is -0.478 e. The van der Waals surface area contributed by atoms with Gasteiger partial charge in [0.2, 0.25) is 0 Å². The number of hydrogen-bond acceptors (Lipinski definition) is 4. The zero-order chi connectivity index (χ0) is 25.1. The van der Waals surface area contributed by atoms with Crippen LogP contribution in [0.25, 0.3) is 11.6 Å². The highest BCUT2D eigenvalue weighted by Crippen LogP contribution is 2.25. The summed E-state index contributed by atoms with van der Waals surface area (Å²) < 4.78 is 28.6. The number of ether oxygens (including phenoxy) is 1. The highest BCUT2D eigenvalue weighted by molar-refractivity contribution is 7.90. The summed E-state index contributed by atoms with van der Waals surface area (Å²) in [5.74, 6) is 0.953. The number of carboxylic acids is 1. The maximum Gasteiger partial charge on any atom is 0.336 e. The lowest BCUT2D eigenvalue weighted by atomic mass is 10.0. The number of carboxylic acid groups (broad SMARTS) is 1. The summed E-state index contributed by atoms with van der Waals surface area (Å²) in [5, 5.41) is 9.54. The number of rotatable bonds is 6. The van der Waals surface area contributed by atoms with Crippen molar-refractivity contribution in [2.24, 2.45) is 5.92 Å². The van der Waals surface area contributed by atoms with Gasteiger partial charge in [0, 0.05) is 6.26 Å². The molecule has 0 aromatic heterocycles. The summed E-state index contributed by atoms with van der Waals surface area (Å²) >= 11 is 0. The predicted octanol–water partition coefficient (Wildman–Crippen LogP) is 6.40. The van der Waals surface area contributed by atoms with Crippen molar-refractivity contribution in [2.45, 2.75) is 39.5 Å². The summed E-state index contributed by atoms with van der Waals surface area (Å²) in [6, 6.07) is 11.1. The highest BCUT2D eigenvalue weighted by Gasteiger charge is 2.13. The van der Waals surface area contributed by atoms with Crippen molar-refractivity contribution >= 4 is 27.5 Å². The fraction of sp³-hybridized carbons (Fsp3) is 0.269. The summed E-state index contributed by atoms with van der Waals surface area (Å²) in [6.45, 7) is 19.8. The fourth-order valence-electron chi connectivity index (χ4n) is 2.38. The average molecular weight is 459 g/mol. The van der Waals surface area contributed by atoms with Crippen molar-refractivity contribution in [3.63, 3.8) is 0 Å². The zero-order valence-electron chi connectivity index (χ0n) is 19.8. The Morgan fingerprint density at radius 3 is 1.94 bits per heavy atom. The van der Waals surface area contributed by atoms with Crippen molar-refractivity contribution in [3.8, 4) is 5.75 Å². The highest BCUT2D eigenvalue weighted by atomic mass is 32.2. The molecule has 0 bridgehead atoms. The van der Waals surface area contributed by atoms with Gasteiger partial charge in [-0.3, -0.25) is 0 Å². The predicted molar refractivity (Wildman–Crippen MR) is 133 cm³/mol. The Balaban J connectivity index is 0.00000144. The van der Waals surface area contributed by atoms with Crippen LogP contribution in [0.3, 0.4) is 0 Å². The second-order valence-corrected chi connectivity index (χ2v) is 9.74. The van der Waals surface area contributed by atoms with Gasteiger partial charge in [-0.25, -0.2) is 13.2 Å². The molecule has 0 atom stereocenters. The second-order valence-electron chi connectivity index (χ2n) is 7.72. The second kappa shape index (κ2) is 13.3. The van der Waals surface area contributed by atoms with Crippen molar-refractivity contribution in [3.05, 3.63) is 84.7 Å². The Morgan fingerprint density at radius 1 is 1.06 bits per heavy atom. The summed E-state index contributed by atoms with van der Waals surface area (Å²) in [6.07, 6.45) is 2.64. The molecule has 0 aliphatic rings. The van der Waals surface area contributed by atoms with E-state index in [0.29, 0.717) is 22.6 Å². The first-order valence-corrected chi connectivity index (χ1v) is 11.9. The molecule has 5 nitrogen and oxygen atoms in total. The number of aliphatic carboxylic acids is 1. The monoisotopic (exact) mass is 458 g/mol. The van der Waals surface area contributed by atoms with Gasteiger partial charge in [-0.15, -0.1) is 13.2 Å². The molecule has 0 unspecified atom stereocenters. The smallest absolute Gasteiger partial charge is 0.336 e. The standard InChI is InChI=1S/C20H20O5S.C4H10.C2H4/c1-13(2)25-19-10-5-15(11-14(19)3)12-18(20(21)22)16-6-8-17(9-7-16)26(4,23)24;1-4(2)3;1-2/h5-12H,1H2,2-4H3,(H,21,22);4H,1-3H3;1-2H2/b18-12+;;. The van der Waals surface area contributed by atoms with Crippen LogP contribution in [-0.2, 0) is 14.6 Å². The van der Waals surface area contributed by atoms with Crippen LogP contribution in [0.15, 0.2) is 72.9 Å². The van der Waals surface area contributed by atoms with Crippen LogP contribution in [0, 0.1) is 12.8 Å². The molecule has 6 heteroatoms. The minimum absolute atomic E-state index is 0.0676. The largest absolute Gasteiger partial charge is 0.478 e. The first-order valence-electron chi connectivity index (χ1n) is 10.0. The maximum absolute atomic E-state index is 11.7. The molecule has 0 fully saturated rings. The van der Waals surface area contributed by atoms with E-state index in [1.165, 1.54) is 30.3 Å². The van der Waals surface area contributed by atoms with Crippen LogP contribution in [0.1, 0.15) is 44.4 Å². The Hall–Kier alpha value is -3.12. The Morgan fingerprint density at radius 2 is 1.56 bits per heavy atom. The van der Waals surface area contributed by atoms with Gasteiger partial charge >= 0.3 is 5.97 Å². The molecule has 0 radical (unpaired) electrons. The molecule has 174 valence electrons. The number of hydrogen-bond donors (Lipinski definition) is 1. The van der Waals surface area contributed by atoms with Crippen molar-refractivity contribution in [2.75, 3.05) is 6.26 Å². The summed E-state index contributed by atoms with van der Waals surface area (Å²) in [5.41, 5.74) is 2.03. The lowest BCUT2D eigenvalue weighted by molar-refractivity contribution is -0.130. The Kier molecular flexibility index (Phi) is 12.0. The minimum atomic E-state index is -3.33. The number of sulfone groups is 1. The van der Waals surface area contributed by atoms with Gasteiger partial charge in [0.25, 0.3) is 0 Å². The Bertz CT molecular complexity index is 1040. The van der Waals surface area contributed by atoms with Gasteiger partial charge in [-0.05, 0) is 66.8 Å². The number of allylic oxidation sites excluding steroid dienone is 1. The third kappa shape index (κ3) is 10.3. The molecule has 32 heavy (non-hydrogen) atoms. The molecule has 0 aliphatic heterocycles. The zero-order valence-corrected chi connectivity index (χ0v) is 20.6. The molecule has 0 spiro atoms. The van der Waals surface area contributed by atoms with E-state index in [1.54, 1.807) is 19.1 Å². The SMILES string of the molecule is C=C.C=C(C)Oc1ccc(/C=C(/C(=O)O)c2ccc(S(C)(=O)=O)cc2)cc1C.CC(C)C. The molecule has 0 heterocycles. The van der Waals surface area contributed by atoms with Crippen LogP contribution in [-0.4, -0.2) is 25.7 Å². The van der Waals surface area contributed by atoms with Crippen LogP contribution in [0.2, 0.25) is 0 Å². The molecule has 2 aromatic carbocycles. The molecule has 0 saturated carbocycles. The molecule has 1 N–H and O–H groups in total. The number of aryl methyl sites for hydroxylation is 1. The van der Waals surface area contributed by atoms with E-state index in [-0.39, 0.29) is 10.5 Å². The Labute approximate surface area is 192 Å². The fourth-order valence-corrected chi connectivity index (χ4v) is 3.01. The van der Waals surface area contributed by atoms with Crippen LogP contribution in [0.4, 0.5) is 0 Å². The number of carbonyl (C=O) groups is 1. The average Bonchev–Trinajstić information content (AvgIpc) is 2.68. The summed E-state index contributed by atoms with van der Waals surface area (Å²) in [4.78, 5) is 11.8. The molecule has 2 rings (SSSR count). The molecule has 0 saturated heterocycles.